The number of carbonyl (C=O) groups excluding carboxylic acids is 1. The Hall–Kier alpha value is -2.09. The Morgan fingerprint density at radius 1 is 1.33 bits per heavy atom. The van der Waals surface area contributed by atoms with Gasteiger partial charge in [0.25, 0.3) is 0 Å². The van der Waals surface area contributed by atoms with E-state index in [0.717, 1.165) is 6.07 Å². The zero-order valence-electron chi connectivity index (χ0n) is 11.1. The fourth-order valence-corrected chi connectivity index (χ4v) is 1.76. The molecule has 0 radical (unpaired) electrons. The Morgan fingerprint density at radius 3 is 2.48 bits per heavy atom. The van der Waals surface area contributed by atoms with E-state index in [1.165, 1.54) is 25.3 Å². The molecule has 1 atom stereocenters. The predicted molar refractivity (Wildman–Crippen MR) is 66.6 cm³/mol. The standard InChI is InChI=1S/C13H14F3NO4/c1-21-7-11(18)17-10(12(19)20)6-8-4-2-3-5-9(8)13(14,15)16/h2-5,10H,6-7H2,1H3,(H,17,18)(H,19,20)/t10-/m0/s1. The Morgan fingerprint density at radius 2 is 1.95 bits per heavy atom. The van der Waals surface area contributed by atoms with Gasteiger partial charge in [-0.05, 0) is 11.6 Å². The maximum absolute atomic E-state index is 12.8. The molecule has 116 valence electrons. The summed E-state index contributed by atoms with van der Waals surface area (Å²) in [6.45, 7) is -0.370. The molecule has 0 saturated heterocycles. The number of nitrogens with one attached hydrogen (secondary N) is 1. The van der Waals surface area contributed by atoms with Crippen LogP contribution in [0.1, 0.15) is 11.1 Å². The highest BCUT2D eigenvalue weighted by molar-refractivity contribution is 5.84. The molecule has 0 aliphatic heterocycles. The van der Waals surface area contributed by atoms with Crippen molar-refractivity contribution in [3.05, 3.63) is 35.4 Å². The normalized spacial score (nSPS) is 12.8. The summed E-state index contributed by atoms with van der Waals surface area (Å²) >= 11 is 0. The zero-order valence-corrected chi connectivity index (χ0v) is 11.1. The van der Waals surface area contributed by atoms with Crippen molar-refractivity contribution in [3.63, 3.8) is 0 Å². The van der Waals surface area contributed by atoms with Crippen molar-refractivity contribution in [2.75, 3.05) is 13.7 Å². The number of hydrogen-bond donors (Lipinski definition) is 2. The number of carboxylic acids is 1. The zero-order chi connectivity index (χ0) is 16.0. The fraction of sp³-hybridized carbons (Fsp3) is 0.385. The van der Waals surface area contributed by atoms with E-state index in [2.05, 4.69) is 10.1 Å². The maximum Gasteiger partial charge on any atom is 0.416 e. The SMILES string of the molecule is COCC(=O)N[C@@H](Cc1ccccc1C(F)(F)F)C(=O)O. The van der Waals surface area contributed by atoms with E-state index in [4.69, 9.17) is 5.11 Å². The van der Waals surface area contributed by atoms with Gasteiger partial charge in [0.2, 0.25) is 5.91 Å². The average Bonchev–Trinajstić information content (AvgIpc) is 2.37. The molecule has 0 spiro atoms. The molecule has 5 nitrogen and oxygen atoms in total. The van der Waals surface area contributed by atoms with Crippen molar-refractivity contribution < 1.29 is 32.6 Å². The topological polar surface area (TPSA) is 75.6 Å². The van der Waals surface area contributed by atoms with Crippen molar-refractivity contribution in [2.45, 2.75) is 18.6 Å². The Balaban J connectivity index is 2.95. The van der Waals surface area contributed by atoms with E-state index in [1.807, 2.05) is 0 Å². The van der Waals surface area contributed by atoms with Crippen molar-refractivity contribution >= 4 is 11.9 Å². The van der Waals surface area contributed by atoms with E-state index < -0.39 is 36.1 Å². The molecule has 0 heterocycles. The lowest BCUT2D eigenvalue weighted by Gasteiger charge is -2.17. The molecule has 0 unspecified atom stereocenters. The van der Waals surface area contributed by atoms with Crippen molar-refractivity contribution in [1.82, 2.24) is 5.32 Å². The summed E-state index contributed by atoms with van der Waals surface area (Å²) in [4.78, 5) is 22.4. The summed E-state index contributed by atoms with van der Waals surface area (Å²) in [5.41, 5.74) is -1.12. The number of halogens is 3. The molecule has 2 N–H and O–H groups in total. The molecule has 0 aliphatic rings. The van der Waals surface area contributed by atoms with Gasteiger partial charge in [0, 0.05) is 13.5 Å². The van der Waals surface area contributed by atoms with Crippen LogP contribution in [0.5, 0.6) is 0 Å². The van der Waals surface area contributed by atoms with Gasteiger partial charge in [-0.3, -0.25) is 4.79 Å². The Labute approximate surface area is 118 Å². The lowest BCUT2D eigenvalue weighted by molar-refractivity contribution is -0.143. The first-order valence-electron chi connectivity index (χ1n) is 5.92. The fourth-order valence-electron chi connectivity index (χ4n) is 1.76. The summed E-state index contributed by atoms with van der Waals surface area (Å²) in [5.74, 6) is -2.13. The molecule has 0 aliphatic carbocycles. The molecule has 1 amide bonds. The summed E-state index contributed by atoms with van der Waals surface area (Å²) in [7, 11) is 1.24. The van der Waals surface area contributed by atoms with Crippen molar-refractivity contribution in [1.29, 1.82) is 0 Å². The summed E-state index contributed by atoms with van der Waals surface area (Å²) in [6, 6.07) is 3.18. The molecular formula is C13H14F3NO4. The van der Waals surface area contributed by atoms with E-state index in [-0.39, 0.29) is 12.2 Å². The molecule has 8 heteroatoms. The van der Waals surface area contributed by atoms with Crippen LogP contribution < -0.4 is 5.32 Å². The van der Waals surface area contributed by atoms with Gasteiger partial charge in [-0.25, -0.2) is 4.79 Å². The summed E-state index contributed by atoms with van der Waals surface area (Å²) in [6.07, 6.45) is -5.06. The van der Waals surface area contributed by atoms with Gasteiger partial charge in [-0.15, -0.1) is 0 Å². The van der Waals surface area contributed by atoms with Crippen LogP contribution in [-0.2, 0) is 26.9 Å². The molecule has 0 fully saturated rings. The number of aliphatic carboxylic acids is 1. The van der Waals surface area contributed by atoms with Gasteiger partial charge in [0.15, 0.2) is 0 Å². The number of rotatable bonds is 6. The molecule has 21 heavy (non-hydrogen) atoms. The van der Waals surface area contributed by atoms with Crippen LogP contribution in [0.25, 0.3) is 0 Å². The first kappa shape index (κ1) is 17.0. The number of hydrogen-bond acceptors (Lipinski definition) is 3. The predicted octanol–water partition coefficient (Wildman–Crippen LogP) is 1.46. The molecule has 0 saturated carbocycles. The van der Waals surface area contributed by atoms with Crippen molar-refractivity contribution in [3.8, 4) is 0 Å². The third kappa shape index (κ3) is 5.07. The second kappa shape index (κ2) is 7.07. The van der Waals surface area contributed by atoms with Gasteiger partial charge < -0.3 is 15.2 Å². The highest BCUT2D eigenvalue weighted by Gasteiger charge is 2.34. The van der Waals surface area contributed by atoms with E-state index >= 15 is 0 Å². The largest absolute Gasteiger partial charge is 0.480 e. The molecule has 0 aromatic heterocycles. The average molecular weight is 305 g/mol. The number of benzene rings is 1. The number of methoxy groups -OCH3 is 1. The highest BCUT2D eigenvalue weighted by Crippen LogP contribution is 2.32. The second-order valence-electron chi connectivity index (χ2n) is 4.25. The minimum absolute atomic E-state index is 0.199. The summed E-state index contributed by atoms with van der Waals surface area (Å²) in [5, 5.41) is 11.1. The number of amides is 1. The van der Waals surface area contributed by atoms with Gasteiger partial charge in [0.1, 0.15) is 12.6 Å². The Bertz CT molecular complexity index is 516. The van der Waals surface area contributed by atoms with Crippen LogP contribution in [0.3, 0.4) is 0 Å². The summed E-state index contributed by atoms with van der Waals surface area (Å²) < 4.78 is 43.0. The molecule has 1 aromatic rings. The van der Waals surface area contributed by atoms with Crippen LogP contribution >= 0.6 is 0 Å². The van der Waals surface area contributed by atoms with Crippen LogP contribution in [0.2, 0.25) is 0 Å². The Kier molecular flexibility index (Phi) is 5.71. The second-order valence-corrected chi connectivity index (χ2v) is 4.25. The van der Waals surface area contributed by atoms with Gasteiger partial charge >= 0.3 is 12.1 Å². The molecule has 1 aromatic carbocycles. The monoisotopic (exact) mass is 305 g/mol. The van der Waals surface area contributed by atoms with Gasteiger partial charge in [0.05, 0.1) is 5.56 Å². The van der Waals surface area contributed by atoms with Crippen LogP contribution in [0.4, 0.5) is 13.2 Å². The number of carboxylic acid groups (broad SMARTS) is 1. The van der Waals surface area contributed by atoms with Gasteiger partial charge in [-0.1, -0.05) is 18.2 Å². The third-order valence-electron chi connectivity index (χ3n) is 2.66. The molecule has 0 bridgehead atoms. The maximum atomic E-state index is 12.8. The van der Waals surface area contributed by atoms with Crippen LogP contribution in [0.15, 0.2) is 24.3 Å². The minimum Gasteiger partial charge on any atom is -0.480 e. The smallest absolute Gasteiger partial charge is 0.416 e. The van der Waals surface area contributed by atoms with E-state index in [0.29, 0.717) is 0 Å². The quantitative estimate of drug-likeness (QED) is 0.834. The van der Waals surface area contributed by atoms with Gasteiger partial charge in [-0.2, -0.15) is 13.2 Å². The molecular weight excluding hydrogens is 291 g/mol. The lowest BCUT2D eigenvalue weighted by atomic mass is 10.00. The third-order valence-corrected chi connectivity index (χ3v) is 2.66. The first-order valence-corrected chi connectivity index (χ1v) is 5.92. The van der Waals surface area contributed by atoms with Crippen LogP contribution in [0, 0.1) is 0 Å². The van der Waals surface area contributed by atoms with Crippen LogP contribution in [-0.4, -0.2) is 36.7 Å². The van der Waals surface area contributed by atoms with E-state index in [9.17, 15) is 22.8 Å². The number of alkyl halides is 3. The lowest BCUT2D eigenvalue weighted by Crippen LogP contribution is -2.44. The van der Waals surface area contributed by atoms with Crippen molar-refractivity contribution in [2.24, 2.45) is 0 Å². The molecule has 1 rings (SSSR count). The highest BCUT2D eigenvalue weighted by atomic mass is 19.4. The minimum atomic E-state index is -4.59. The first-order chi connectivity index (χ1) is 9.75. The number of ether oxygens (including phenoxy) is 1. The number of carbonyl (C=O) groups is 2. The van der Waals surface area contributed by atoms with E-state index in [1.54, 1.807) is 0 Å².